The second kappa shape index (κ2) is 3.29. The zero-order valence-electron chi connectivity index (χ0n) is 6.29. The van der Waals surface area contributed by atoms with Crippen molar-refractivity contribution in [2.75, 3.05) is 6.61 Å². The fourth-order valence-corrected chi connectivity index (χ4v) is 1.27. The van der Waals surface area contributed by atoms with Gasteiger partial charge in [-0.25, -0.2) is 4.39 Å². The van der Waals surface area contributed by atoms with Gasteiger partial charge < -0.3 is 10.5 Å². The highest BCUT2D eigenvalue weighted by Crippen LogP contribution is 2.32. The summed E-state index contributed by atoms with van der Waals surface area (Å²) >= 11 is 0. The molecule has 12 heavy (non-hydrogen) atoms. The molecule has 1 atom stereocenters. The van der Waals surface area contributed by atoms with Crippen LogP contribution in [0, 0.1) is 5.82 Å². The van der Waals surface area contributed by atoms with Crippen molar-refractivity contribution in [2.45, 2.75) is 6.04 Å². The number of hydrogen-bond donors (Lipinski definition) is 1. The average molecular weight is 190 g/mol. The van der Waals surface area contributed by atoms with Crippen LogP contribution in [0.3, 0.4) is 0 Å². The topological polar surface area (TPSA) is 35.2 Å². The molecule has 2 N–H and O–H groups in total. The number of fused-ring (bicyclic) bond motifs is 1. The van der Waals surface area contributed by atoms with Crippen LogP contribution in [0.4, 0.5) is 4.39 Å². The van der Waals surface area contributed by atoms with Crippen molar-refractivity contribution < 1.29 is 9.13 Å². The highest BCUT2D eigenvalue weighted by Gasteiger charge is 2.23. The van der Waals surface area contributed by atoms with Gasteiger partial charge in [0, 0.05) is 5.56 Å². The maximum Gasteiger partial charge on any atom is 0.131 e. The molecule has 1 heterocycles. The molecule has 2 rings (SSSR count). The van der Waals surface area contributed by atoms with Gasteiger partial charge in [-0.1, -0.05) is 6.07 Å². The first-order valence-electron chi connectivity index (χ1n) is 3.46. The highest BCUT2D eigenvalue weighted by molar-refractivity contribution is 5.85. The Labute approximate surface area is 75.9 Å². The molecule has 0 fully saturated rings. The van der Waals surface area contributed by atoms with E-state index in [1.54, 1.807) is 12.1 Å². The lowest BCUT2D eigenvalue weighted by Gasteiger charge is -2.00. The molecule has 1 aliphatic heterocycles. The van der Waals surface area contributed by atoms with Gasteiger partial charge in [-0.15, -0.1) is 12.4 Å². The average Bonchev–Trinajstić information content (AvgIpc) is 2.34. The largest absolute Gasteiger partial charge is 0.491 e. The number of nitrogens with two attached hydrogens (primary N) is 1. The van der Waals surface area contributed by atoms with Crippen LogP contribution in [0.15, 0.2) is 18.2 Å². The first-order valence-corrected chi connectivity index (χ1v) is 3.46. The lowest BCUT2D eigenvalue weighted by molar-refractivity contribution is 0.333. The Morgan fingerprint density at radius 1 is 1.50 bits per heavy atom. The first-order chi connectivity index (χ1) is 5.29. The highest BCUT2D eigenvalue weighted by atomic mass is 35.5. The van der Waals surface area contributed by atoms with E-state index in [0.717, 1.165) is 0 Å². The number of hydrogen-bond acceptors (Lipinski definition) is 2. The third-order valence-electron chi connectivity index (χ3n) is 1.80. The molecule has 0 saturated carbocycles. The third kappa shape index (κ3) is 1.26. The van der Waals surface area contributed by atoms with E-state index in [1.165, 1.54) is 6.07 Å². The van der Waals surface area contributed by atoms with E-state index in [1.807, 2.05) is 0 Å². The molecule has 1 aromatic rings. The van der Waals surface area contributed by atoms with Crippen molar-refractivity contribution in [3.63, 3.8) is 0 Å². The fraction of sp³-hybridized carbons (Fsp3) is 0.250. The fourth-order valence-electron chi connectivity index (χ4n) is 1.27. The van der Waals surface area contributed by atoms with Crippen molar-refractivity contribution >= 4 is 12.4 Å². The quantitative estimate of drug-likeness (QED) is 0.674. The Morgan fingerprint density at radius 2 is 2.25 bits per heavy atom. The van der Waals surface area contributed by atoms with Crippen LogP contribution >= 0.6 is 12.4 Å². The van der Waals surface area contributed by atoms with Crippen molar-refractivity contribution in [1.29, 1.82) is 0 Å². The van der Waals surface area contributed by atoms with E-state index in [9.17, 15) is 4.39 Å². The molecule has 0 spiro atoms. The molecular weight excluding hydrogens is 181 g/mol. The minimum Gasteiger partial charge on any atom is -0.491 e. The second-order valence-electron chi connectivity index (χ2n) is 2.57. The van der Waals surface area contributed by atoms with E-state index in [2.05, 4.69) is 0 Å². The molecule has 0 saturated heterocycles. The van der Waals surface area contributed by atoms with Crippen molar-refractivity contribution in [3.05, 3.63) is 29.6 Å². The van der Waals surface area contributed by atoms with Crippen LogP contribution < -0.4 is 10.5 Å². The summed E-state index contributed by atoms with van der Waals surface area (Å²) in [6, 6.07) is 4.44. The van der Waals surface area contributed by atoms with Gasteiger partial charge in [0.05, 0.1) is 6.04 Å². The summed E-state index contributed by atoms with van der Waals surface area (Å²) in [4.78, 5) is 0. The van der Waals surface area contributed by atoms with Gasteiger partial charge in [0.2, 0.25) is 0 Å². The van der Waals surface area contributed by atoms with Crippen LogP contribution in [0.2, 0.25) is 0 Å². The van der Waals surface area contributed by atoms with Crippen LogP contribution in [0.1, 0.15) is 11.6 Å². The SMILES string of the molecule is Cl.NC1COc2cccc(F)c21. The van der Waals surface area contributed by atoms with Crippen LogP contribution in [0.5, 0.6) is 5.75 Å². The summed E-state index contributed by atoms with van der Waals surface area (Å²) in [5.74, 6) is 0.310. The Balaban J connectivity index is 0.000000720. The maximum absolute atomic E-state index is 13.0. The van der Waals surface area contributed by atoms with E-state index in [0.29, 0.717) is 17.9 Å². The predicted molar refractivity (Wildman–Crippen MR) is 46.1 cm³/mol. The lowest BCUT2D eigenvalue weighted by atomic mass is 10.1. The molecule has 66 valence electrons. The van der Waals surface area contributed by atoms with Gasteiger partial charge in [-0.05, 0) is 12.1 Å². The third-order valence-corrected chi connectivity index (χ3v) is 1.80. The molecule has 0 amide bonds. The molecule has 0 aliphatic carbocycles. The predicted octanol–water partition coefficient (Wildman–Crippen LogP) is 1.64. The minimum atomic E-state index is -0.300. The van der Waals surface area contributed by atoms with Gasteiger partial charge in [-0.3, -0.25) is 0 Å². The van der Waals surface area contributed by atoms with Gasteiger partial charge >= 0.3 is 0 Å². The van der Waals surface area contributed by atoms with E-state index < -0.39 is 0 Å². The minimum absolute atomic E-state index is 0. The second-order valence-corrected chi connectivity index (χ2v) is 2.57. The Morgan fingerprint density at radius 3 is 2.92 bits per heavy atom. The van der Waals surface area contributed by atoms with E-state index in [-0.39, 0.29) is 24.3 Å². The van der Waals surface area contributed by atoms with Gasteiger partial charge in [-0.2, -0.15) is 0 Å². The molecule has 0 aromatic heterocycles. The lowest BCUT2D eigenvalue weighted by Crippen LogP contribution is -2.11. The summed E-state index contributed by atoms with van der Waals surface area (Å²) in [7, 11) is 0. The molecule has 4 heteroatoms. The molecule has 1 aromatic carbocycles. The first kappa shape index (κ1) is 9.29. The standard InChI is InChI=1S/C8H8FNO.ClH/c9-5-2-1-3-7-8(5)6(10)4-11-7;/h1-3,6H,4,10H2;1H. The molecule has 1 unspecified atom stereocenters. The molecule has 0 bridgehead atoms. The van der Waals surface area contributed by atoms with E-state index >= 15 is 0 Å². The normalized spacial score (nSPS) is 19.3. The Hall–Kier alpha value is -0.800. The zero-order chi connectivity index (χ0) is 7.84. The monoisotopic (exact) mass is 189 g/mol. The molecule has 2 nitrogen and oxygen atoms in total. The van der Waals surface area contributed by atoms with Crippen LogP contribution in [0.25, 0.3) is 0 Å². The van der Waals surface area contributed by atoms with Gasteiger partial charge in [0.1, 0.15) is 18.2 Å². The summed E-state index contributed by atoms with van der Waals surface area (Å²) in [6.07, 6.45) is 0. The van der Waals surface area contributed by atoms with Gasteiger partial charge in [0.25, 0.3) is 0 Å². The smallest absolute Gasteiger partial charge is 0.131 e. The van der Waals surface area contributed by atoms with Crippen molar-refractivity contribution in [3.8, 4) is 5.75 Å². The van der Waals surface area contributed by atoms with Crippen molar-refractivity contribution in [2.24, 2.45) is 5.73 Å². The molecular formula is C8H9ClFNO. The summed E-state index contributed by atoms with van der Waals surface area (Å²) in [6.45, 7) is 0.385. The van der Waals surface area contributed by atoms with Crippen LogP contribution in [-0.2, 0) is 0 Å². The number of benzene rings is 1. The summed E-state index contributed by atoms with van der Waals surface area (Å²) < 4.78 is 18.1. The molecule has 0 radical (unpaired) electrons. The Kier molecular flexibility index (Phi) is 2.55. The Bertz CT molecular complexity index is 292. The zero-order valence-corrected chi connectivity index (χ0v) is 7.10. The number of ether oxygens (including phenoxy) is 1. The summed E-state index contributed by atoms with van der Waals surface area (Å²) in [5.41, 5.74) is 6.09. The van der Waals surface area contributed by atoms with Crippen molar-refractivity contribution in [1.82, 2.24) is 0 Å². The summed E-state index contributed by atoms with van der Waals surface area (Å²) in [5, 5.41) is 0. The maximum atomic E-state index is 13.0. The number of rotatable bonds is 0. The molecule has 1 aliphatic rings. The van der Waals surface area contributed by atoms with Crippen LogP contribution in [-0.4, -0.2) is 6.61 Å². The van der Waals surface area contributed by atoms with Gasteiger partial charge in [0.15, 0.2) is 0 Å². The number of halogens is 2. The van der Waals surface area contributed by atoms with E-state index in [4.69, 9.17) is 10.5 Å².